The SMILES string of the molecule is Cc1occc1CN(C)CC1(O)CCCC1. The Balaban J connectivity index is 1.89. The number of furan rings is 1. The van der Waals surface area contributed by atoms with Crippen LogP contribution in [-0.2, 0) is 6.54 Å². The van der Waals surface area contributed by atoms with Crippen LogP contribution in [0.4, 0.5) is 0 Å². The molecule has 90 valence electrons. The maximum Gasteiger partial charge on any atom is 0.105 e. The maximum absolute atomic E-state index is 10.3. The predicted molar refractivity (Wildman–Crippen MR) is 63.2 cm³/mol. The molecule has 0 bridgehead atoms. The van der Waals surface area contributed by atoms with Gasteiger partial charge < -0.3 is 9.52 Å². The van der Waals surface area contributed by atoms with E-state index in [0.717, 1.165) is 44.5 Å². The molecule has 1 fully saturated rings. The van der Waals surface area contributed by atoms with Crippen molar-refractivity contribution >= 4 is 0 Å². The minimum absolute atomic E-state index is 0.452. The molecular weight excluding hydrogens is 202 g/mol. The first-order chi connectivity index (χ1) is 7.59. The minimum atomic E-state index is -0.452. The molecule has 0 unspecified atom stereocenters. The Morgan fingerprint density at radius 3 is 2.69 bits per heavy atom. The number of likely N-dealkylation sites (N-methyl/N-ethyl adjacent to an activating group) is 1. The average Bonchev–Trinajstić information content (AvgIpc) is 2.77. The van der Waals surface area contributed by atoms with Gasteiger partial charge in [-0.05, 0) is 32.9 Å². The first-order valence-corrected chi connectivity index (χ1v) is 6.03. The van der Waals surface area contributed by atoms with E-state index < -0.39 is 5.60 Å². The third-order valence-electron chi connectivity index (χ3n) is 3.51. The molecule has 1 aliphatic rings. The second-order valence-corrected chi connectivity index (χ2v) is 5.11. The Kier molecular flexibility index (Phi) is 3.36. The first kappa shape index (κ1) is 11.7. The van der Waals surface area contributed by atoms with Crippen LogP contribution in [0.3, 0.4) is 0 Å². The fraction of sp³-hybridized carbons (Fsp3) is 0.692. The first-order valence-electron chi connectivity index (χ1n) is 6.03. The Morgan fingerprint density at radius 2 is 2.12 bits per heavy atom. The molecule has 16 heavy (non-hydrogen) atoms. The molecule has 2 rings (SSSR count). The lowest BCUT2D eigenvalue weighted by Gasteiger charge is -2.28. The highest BCUT2D eigenvalue weighted by molar-refractivity contribution is 5.15. The van der Waals surface area contributed by atoms with E-state index in [9.17, 15) is 5.11 Å². The van der Waals surface area contributed by atoms with Crippen LogP contribution in [0.2, 0.25) is 0 Å². The molecule has 1 aromatic rings. The van der Waals surface area contributed by atoms with E-state index in [2.05, 4.69) is 11.9 Å². The highest BCUT2D eigenvalue weighted by Gasteiger charge is 2.32. The summed E-state index contributed by atoms with van der Waals surface area (Å²) in [7, 11) is 2.06. The molecule has 1 aromatic heterocycles. The maximum atomic E-state index is 10.3. The van der Waals surface area contributed by atoms with Gasteiger partial charge in [0.1, 0.15) is 5.76 Å². The van der Waals surface area contributed by atoms with Crippen LogP contribution >= 0.6 is 0 Å². The third kappa shape index (κ3) is 2.66. The summed E-state index contributed by atoms with van der Waals surface area (Å²) in [6.07, 6.45) is 5.94. The molecule has 0 radical (unpaired) electrons. The molecule has 0 spiro atoms. The van der Waals surface area contributed by atoms with Gasteiger partial charge >= 0.3 is 0 Å². The Labute approximate surface area is 97.1 Å². The topological polar surface area (TPSA) is 36.6 Å². The van der Waals surface area contributed by atoms with Crippen LogP contribution in [0.1, 0.15) is 37.0 Å². The third-order valence-corrected chi connectivity index (χ3v) is 3.51. The largest absolute Gasteiger partial charge is 0.469 e. The van der Waals surface area contributed by atoms with Gasteiger partial charge in [-0.15, -0.1) is 0 Å². The van der Waals surface area contributed by atoms with Crippen molar-refractivity contribution in [3.05, 3.63) is 23.7 Å². The highest BCUT2D eigenvalue weighted by atomic mass is 16.3. The summed E-state index contributed by atoms with van der Waals surface area (Å²) in [5.41, 5.74) is 0.760. The van der Waals surface area contributed by atoms with E-state index in [0.29, 0.717) is 0 Å². The average molecular weight is 223 g/mol. The normalized spacial score (nSPS) is 19.5. The lowest BCUT2D eigenvalue weighted by Crippen LogP contribution is -2.38. The Morgan fingerprint density at radius 1 is 1.44 bits per heavy atom. The molecule has 0 atom stereocenters. The fourth-order valence-corrected chi connectivity index (χ4v) is 2.62. The molecule has 1 heterocycles. The standard InChI is InChI=1S/C13H21NO2/c1-11-12(5-8-16-11)9-14(2)10-13(15)6-3-4-7-13/h5,8,15H,3-4,6-7,9-10H2,1-2H3. The summed E-state index contributed by atoms with van der Waals surface area (Å²) in [6.45, 7) is 3.59. The Bertz CT molecular complexity index is 339. The summed E-state index contributed by atoms with van der Waals surface area (Å²) in [5, 5.41) is 10.3. The van der Waals surface area contributed by atoms with Gasteiger partial charge in [-0.2, -0.15) is 0 Å². The summed E-state index contributed by atoms with van der Waals surface area (Å²) < 4.78 is 5.27. The van der Waals surface area contributed by atoms with E-state index in [-0.39, 0.29) is 0 Å². The summed E-state index contributed by atoms with van der Waals surface area (Å²) in [4.78, 5) is 2.18. The molecule has 0 aliphatic heterocycles. The van der Waals surface area contributed by atoms with Gasteiger partial charge in [-0.3, -0.25) is 4.90 Å². The van der Waals surface area contributed by atoms with Crippen LogP contribution in [-0.4, -0.2) is 29.2 Å². The van der Waals surface area contributed by atoms with Crippen LogP contribution in [0, 0.1) is 6.92 Å². The van der Waals surface area contributed by atoms with Crippen molar-refractivity contribution in [1.82, 2.24) is 4.90 Å². The van der Waals surface area contributed by atoms with Crippen molar-refractivity contribution in [1.29, 1.82) is 0 Å². The zero-order valence-corrected chi connectivity index (χ0v) is 10.2. The molecule has 0 saturated heterocycles. The van der Waals surface area contributed by atoms with Crippen molar-refractivity contribution in [3.8, 4) is 0 Å². The van der Waals surface area contributed by atoms with Crippen LogP contribution in [0.15, 0.2) is 16.7 Å². The summed E-state index contributed by atoms with van der Waals surface area (Å²) >= 11 is 0. The summed E-state index contributed by atoms with van der Waals surface area (Å²) in [6, 6.07) is 2.00. The number of rotatable bonds is 4. The van der Waals surface area contributed by atoms with Gasteiger partial charge in [-0.1, -0.05) is 12.8 Å². The minimum Gasteiger partial charge on any atom is -0.469 e. The van der Waals surface area contributed by atoms with Crippen molar-refractivity contribution < 1.29 is 9.52 Å². The van der Waals surface area contributed by atoms with Crippen LogP contribution in [0.25, 0.3) is 0 Å². The van der Waals surface area contributed by atoms with Crippen molar-refractivity contribution in [2.24, 2.45) is 0 Å². The van der Waals surface area contributed by atoms with Gasteiger partial charge in [-0.25, -0.2) is 0 Å². The number of aliphatic hydroxyl groups is 1. The smallest absolute Gasteiger partial charge is 0.105 e. The molecule has 1 saturated carbocycles. The number of aryl methyl sites for hydroxylation is 1. The predicted octanol–water partition coefficient (Wildman–Crippen LogP) is 2.32. The van der Waals surface area contributed by atoms with Gasteiger partial charge in [0.2, 0.25) is 0 Å². The van der Waals surface area contributed by atoms with Gasteiger partial charge in [0, 0.05) is 18.7 Å². The van der Waals surface area contributed by atoms with E-state index in [1.54, 1.807) is 6.26 Å². The molecule has 3 nitrogen and oxygen atoms in total. The lowest BCUT2D eigenvalue weighted by atomic mass is 10.0. The van der Waals surface area contributed by atoms with E-state index in [1.165, 1.54) is 5.56 Å². The highest BCUT2D eigenvalue weighted by Crippen LogP contribution is 2.30. The monoisotopic (exact) mass is 223 g/mol. The number of hydrogen-bond donors (Lipinski definition) is 1. The quantitative estimate of drug-likeness (QED) is 0.851. The van der Waals surface area contributed by atoms with Crippen molar-refractivity contribution in [2.45, 2.75) is 44.8 Å². The second kappa shape index (κ2) is 4.60. The molecular formula is C13H21NO2. The number of nitrogens with zero attached hydrogens (tertiary/aromatic N) is 1. The zero-order valence-electron chi connectivity index (χ0n) is 10.2. The molecule has 1 N–H and O–H groups in total. The number of hydrogen-bond acceptors (Lipinski definition) is 3. The van der Waals surface area contributed by atoms with Gasteiger partial charge in [0.05, 0.1) is 11.9 Å². The lowest BCUT2D eigenvalue weighted by molar-refractivity contribution is 0.0144. The van der Waals surface area contributed by atoms with E-state index in [4.69, 9.17) is 4.42 Å². The van der Waals surface area contributed by atoms with Crippen LogP contribution < -0.4 is 0 Å². The zero-order chi connectivity index (χ0) is 11.6. The molecule has 0 aromatic carbocycles. The van der Waals surface area contributed by atoms with Gasteiger partial charge in [0.25, 0.3) is 0 Å². The molecule has 3 heteroatoms. The van der Waals surface area contributed by atoms with Crippen LogP contribution in [0.5, 0.6) is 0 Å². The molecule has 1 aliphatic carbocycles. The van der Waals surface area contributed by atoms with E-state index in [1.807, 2.05) is 13.0 Å². The van der Waals surface area contributed by atoms with E-state index >= 15 is 0 Å². The Hall–Kier alpha value is -0.800. The van der Waals surface area contributed by atoms with Crippen molar-refractivity contribution in [3.63, 3.8) is 0 Å². The van der Waals surface area contributed by atoms with Crippen molar-refractivity contribution in [2.75, 3.05) is 13.6 Å². The summed E-state index contributed by atoms with van der Waals surface area (Å²) in [5.74, 6) is 0.977. The molecule has 0 amide bonds. The second-order valence-electron chi connectivity index (χ2n) is 5.11. The van der Waals surface area contributed by atoms with Gasteiger partial charge in [0.15, 0.2) is 0 Å². The fourth-order valence-electron chi connectivity index (χ4n) is 2.62.